The number of hydrogen-bond donors (Lipinski definition) is 2. The second-order valence-corrected chi connectivity index (χ2v) is 4.60. The van der Waals surface area contributed by atoms with Gasteiger partial charge in [0.05, 0.1) is 10.2 Å². The number of hydrogen-bond acceptors (Lipinski definition) is 5. The number of nitrogens with zero attached hydrogens (tertiary/aromatic N) is 2. The fraction of sp³-hybridized carbons (Fsp3) is 0.455. The quantitative estimate of drug-likeness (QED) is 0.835. The van der Waals surface area contributed by atoms with E-state index in [9.17, 15) is 0 Å². The normalized spacial score (nSPS) is 12.9. The predicted octanol–water partition coefficient (Wildman–Crippen LogP) is 2.23. The van der Waals surface area contributed by atoms with Gasteiger partial charge in [0.25, 0.3) is 0 Å². The highest BCUT2D eigenvalue weighted by Gasteiger charge is 2.09. The van der Waals surface area contributed by atoms with Crippen LogP contribution >= 0.6 is 11.3 Å². The summed E-state index contributed by atoms with van der Waals surface area (Å²) in [5, 5.41) is 5.47. The Morgan fingerprint density at radius 3 is 3.12 bits per heavy atom. The van der Waals surface area contributed by atoms with Gasteiger partial charge in [-0.05, 0) is 30.8 Å². The van der Waals surface area contributed by atoms with Crippen molar-refractivity contribution in [3.63, 3.8) is 0 Å². The SMILES string of the molecule is CCC(CCN)Nc1ncnc2ccsc12. The first-order chi connectivity index (χ1) is 7.85. The van der Waals surface area contributed by atoms with Gasteiger partial charge in [0, 0.05) is 6.04 Å². The van der Waals surface area contributed by atoms with Crippen molar-refractivity contribution in [1.29, 1.82) is 0 Å². The van der Waals surface area contributed by atoms with Gasteiger partial charge >= 0.3 is 0 Å². The highest BCUT2D eigenvalue weighted by atomic mass is 32.1. The van der Waals surface area contributed by atoms with Crippen LogP contribution in [-0.4, -0.2) is 22.6 Å². The molecule has 2 aromatic rings. The molecule has 0 radical (unpaired) electrons. The summed E-state index contributed by atoms with van der Waals surface area (Å²) in [4.78, 5) is 8.51. The van der Waals surface area contributed by atoms with Crippen LogP contribution in [0.15, 0.2) is 17.8 Å². The number of anilines is 1. The van der Waals surface area contributed by atoms with Crippen LogP contribution in [0.5, 0.6) is 0 Å². The van der Waals surface area contributed by atoms with Crippen molar-refractivity contribution in [3.8, 4) is 0 Å². The summed E-state index contributed by atoms with van der Waals surface area (Å²) in [6.45, 7) is 2.85. The number of thiophene rings is 1. The van der Waals surface area contributed by atoms with Crippen molar-refractivity contribution in [2.75, 3.05) is 11.9 Å². The molecule has 0 amide bonds. The summed E-state index contributed by atoms with van der Waals surface area (Å²) < 4.78 is 1.12. The molecule has 0 fully saturated rings. The number of rotatable bonds is 5. The predicted molar refractivity (Wildman–Crippen MR) is 68.8 cm³/mol. The molecule has 0 saturated carbocycles. The number of nitrogens with two attached hydrogens (primary N) is 1. The summed E-state index contributed by atoms with van der Waals surface area (Å²) >= 11 is 1.67. The maximum atomic E-state index is 5.58. The highest BCUT2D eigenvalue weighted by molar-refractivity contribution is 7.17. The molecule has 0 aliphatic rings. The lowest BCUT2D eigenvalue weighted by molar-refractivity contribution is 0.640. The lowest BCUT2D eigenvalue weighted by atomic mass is 10.1. The summed E-state index contributed by atoms with van der Waals surface area (Å²) in [5.74, 6) is 0.931. The third-order valence-corrected chi connectivity index (χ3v) is 3.50. The number of nitrogens with one attached hydrogen (secondary N) is 1. The Kier molecular flexibility index (Phi) is 3.69. The van der Waals surface area contributed by atoms with E-state index < -0.39 is 0 Å². The zero-order chi connectivity index (χ0) is 11.4. The minimum absolute atomic E-state index is 0.394. The van der Waals surface area contributed by atoms with E-state index in [1.807, 2.05) is 11.4 Å². The lowest BCUT2D eigenvalue weighted by Gasteiger charge is -2.16. The molecule has 0 spiro atoms. The molecule has 0 aromatic carbocycles. The minimum Gasteiger partial charge on any atom is -0.366 e. The molecule has 4 nitrogen and oxygen atoms in total. The van der Waals surface area contributed by atoms with Crippen LogP contribution in [0.3, 0.4) is 0 Å². The van der Waals surface area contributed by atoms with Gasteiger partial charge in [-0.2, -0.15) is 0 Å². The van der Waals surface area contributed by atoms with Gasteiger partial charge < -0.3 is 11.1 Å². The van der Waals surface area contributed by atoms with E-state index in [1.54, 1.807) is 17.7 Å². The van der Waals surface area contributed by atoms with Crippen molar-refractivity contribution in [3.05, 3.63) is 17.8 Å². The van der Waals surface area contributed by atoms with Crippen LogP contribution in [0.1, 0.15) is 19.8 Å². The Hall–Kier alpha value is -1.20. The lowest BCUT2D eigenvalue weighted by Crippen LogP contribution is -2.22. The molecule has 1 atom stereocenters. The van der Waals surface area contributed by atoms with Crippen LogP contribution in [0.4, 0.5) is 5.82 Å². The Morgan fingerprint density at radius 2 is 2.38 bits per heavy atom. The van der Waals surface area contributed by atoms with Gasteiger partial charge in [0.15, 0.2) is 0 Å². The average molecular weight is 236 g/mol. The first-order valence-corrected chi connectivity index (χ1v) is 6.38. The summed E-state index contributed by atoms with van der Waals surface area (Å²) in [6.07, 6.45) is 3.62. The summed E-state index contributed by atoms with van der Waals surface area (Å²) in [5.41, 5.74) is 6.59. The van der Waals surface area contributed by atoms with Gasteiger partial charge in [-0.1, -0.05) is 6.92 Å². The molecule has 2 rings (SSSR count). The van der Waals surface area contributed by atoms with E-state index in [4.69, 9.17) is 5.73 Å². The summed E-state index contributed by atoms with van der Waals surface area (Å²) in [7, 11) is 0. The maximum Gasteiger partial charge on any atom is 0.147 e. The first kappa shape index (κ1) is 11.3. The van der Waals surface area contributed by atoms with E-state index in [-0.39, 0.29) is 0 Å². The Morgan fingerprint density at radius 1 is 1.50 bits per heavy atom. The van der Waals surface area contributed by atoms with Crippen molar-refractivity contribution < 1.29 is 0 Å². The second kappa shape index (κ2) is 5.23. The molecular weight excluding hydrogens is 220 g/mol. The molecule has 2 aromatic heterocycles. The van der Waals surface area contributed by atoms with E-state index in [2.05, 4.69) is 22.2 Å². The molecule has 0 aliphatic carbocycles. The Bertz CT molecular complexity index is 454. The van der Waals surface area contributed by atoms with E-state index in [0.29, 0.717) is 12.6 Å². The molecule has 1 unspecified atom stereocenters. The van der Waals surface area contributed by atoms with Crippen LogP contribution in [0, 0.1) is 0 Å². The van der Waals surface area contributed by atoms with Crippen LogP contribution in [0.2, 0.25) is 0 Å². The third kappa shape index (κ3) is 2.31. The fourth-order valence-electron chi connectivity index (χ4n) is 1.66. The van der Waals surface area contributed by atoms with Gasteiger partial charge in [0.2, 0.25) is 0 Å². The Balaban J connectivity index is 2.22. The molecule has 16 heavy (non-hydrogen) atoms. The smallest absolute Gasteiger partial charge is 0.147 e. The molecule has 0 saturated heterocycles. The van der Waals surface area contributed by atoms with E-state index >= 15 is 0 Å². The maximum absolute atomic E-state index is 5.58. The standard InChI is InChI=1S/C11H16N4S/c1-2-8(3-5-12)15-11-10-9(4-6-16-10)13-7-14-11/h4,6-8H,2-3,5,12H2,1H3,(H,13,14,15). The van der Waals surface area contributed by atoms with Gasteiger partial charge in [-0.25, -0.2) is 9.97 Å². The molecular formula is C11H16N4S. The van der Waals surface area contributed by atoms with Gasteiger partial charge in [-0.15, -0.1) is 11.3 Å². The monoisotopic (exact) mass is 236 g/mol. The topological polar surface area (TPSA) is 63.8 Å². The zero-order valence-corrected chi connectivity index (χ0v) is 10.1. The van der Waals surface area contributed by atoms with Gasteiger partial charge in [-0.3, -0.25) is 0 Å². The van der Waals surface area contributed by atoms with E-state index in [1.165, 1.54) is 0 Å². The largest absolute Gasteiger partial charge is 0.366 e. The highest BCUT2D eigenvalue weighted by Crippen LogP contribution is 2.25. The number of fused-ring (bicyclic) bond motifs is 1. The summed E-state index contributed by atoms with van der Waals surface area (Å²) in [6, 6.07) is 2.40. The number of aromatic nitrogens is 2. The minimum atomic E-state index is 0.394. The van der Waals surface area contributed by atoms with Crippen molar-refractivity contribution >= 4 is 27.4 Å². The van der Waals surface area contributed by atoms with Crippen LogP contribution < -0.4 is 11.1 Å². The zero-order valence-electron chi connectivity index (χ0n) is 9.31. The van der Waals surface area contributed by atoms with Crippen LogP contribution in [-0.2, 0) is 0 Å². The third-order valence-electron chi connectivity index (χ3n) is 2.59. The Labute approximate surface area is 98.9 Å². The fourth-order valence-corrected chi connectivity index (χ4v) is 2.46. The first-order valence-electron chi connectivity index (χ1n) is 5.50. The average Bonchev–Trinajstić information content (AvgIpc) is 2.77. The van der Waals surface area contributed by atoms with Crippen molar-refractivity contribution in [2.24, 2.45) is 5.73 Å². The molecule has 2 heterocycles. The molecule has 3 N–H and O–H groups in total. The molecule has 86 valence electrons. The molecule has 0 aliphatic heterocycles. The van der Waals surface area contributed by atoms with Crippen molar-refractivity contribution in [1.82, 2.24) is 9.97 Å². The van der Waals surface area contributed by atoms with Gasteiger partial charge in [0.1, 0.15) is 12.1 Å². The molecule has 0 bridgehead atoms. The second-order valence-electron chi connectivity index (χ2n) is 3.68. The van der Waals surface area contributed by atoms with Crippen LogP contribution in [0.25, 0.3) is 10.2 Å². The van der Waals surface area contributed by atoms with E-state index in [0.717, 1.165) is 28.9 Å². The van der Waals surface area contributed by atoms with Crippen molar-refractivity contribution in [2.45, 2.75) is 25.8 Å². The molecule has 5 heteroatoms.